The van der Waals surface area contributed by atoms with Gasteiger partial charge in [-0.25, -0.2) is 9.78 Å². The van der Waals surface area contributed by atoms with Crippen molar-refractivity contribution in [1.29, 1.82) is 0 Å². The van der Waals surface area contributed by atoms with Crippen LogP contribution in [0, 0.1) is 0 Å². The second-order valence-electron chi connectivity index (χ2n) is 5.70. The fourth-order valence-corrected chi connectivity index (χ4v) is 2.59. The fourth-order valence-electron chi connectivity index (χ4n) is 2.59. The van der Waals surface area contributed by atoms with Crippen molar-refractivity contribution in [1.82, 2.24) is 14.9 Å². The topological polar surface area (TPSA) is 77.4 Å². The van der Waals surface area contributed by atoms with Gasteiger partial charge in [-0.15, -0.1) is 0 Å². The number of nitrogens with one attached hydrogen (secondary N) is 2. The molecular formula is C17H22N4O3. The van der Waals surface area contributed by atoms with E-state index in [1.54, 1.807) is 32.4 Å². The van der Waals surface area contributed by atoms with Gasteiger partial charge >= 0.3 is 6.03 Å². The van der Waals surface area contributed by atoms with Gasteiger partial charge in [0.2, 0.25) is 0 Å². The highest BCUT2D eigenvalue weighted by molar-refractivity contribution is 5.89. The van der Waals surface area contributed by atoms with Crippen LogP contribution in [-0.2, 0) is 6.54 Å². The zero-order valence-corrected chi connectivity index (χ0v) is 13.9. The minimum Gasteiger partial charge on any atom is -0.493 e. The summed E-state index contributed by atoms with van der Waals surface area (Å²) in [5.74, 6) is 2.91. The van der Waals surface area contributed by atoms with Gasteiger partial charge in [0.05, 0.1) is 14.2 Å². The molecule has 1 aliphatic rings. The average Bonchev–Trinajstić information content (AvgIpc) is 3.33. The molecule has 1 fully saturated rings. The number of carbonyl (C=O) groups excluding carboxylic acids is 1. The van der Waals surface area contributed by atoms with E-state index in [9.17, 15) is 4.79 Å². The van der Waals surface area contributed by atoms with E-state index in [-0.39, 0.29) is 6.03 Å². The number of rotatable bonds is 7. The Labute approximate surface area is 141 Å². The Hall–Kier alpha value is -2.70. The maximum atomic E-state index is 12.0. The van der Waals surface area contributed by atoms with Crippen LogP contribution in [-0.4, -0.2) is 36.3 Å². The number of benzene rings is 1. The van der Waals surface area contributed by atoms with Crippen molar-refractivity contribution < 1.29 is 14.3 Å². The van der Waals surface area contributed by atoms with Crippen molar-refractivity contribution in [3.8, 4) is 11.5 Å². The number of imidazole rings is 1. The number of urea groups is 1. The number of aromatic nitrogens is 2. The van der Waals surface area contributed by atoms with E-state index < -0.39 is 0 Å². The van der Waals surface area contributed by atoms with Gasteiger partial charge in [0.15, 0.2) is 11.5 Å². The number of hydrogen-bond acceptors (Lipinski definition) is 4. The third-order valence-corrected chi connectivity index (χ3v) is 3.97. The number of nitrogens with zero attached hydrogens (tertiary/aromatic N) is 2. The molecule has 24 heavy (non-hydrogen) atoms. The van der Waals surface area contributed by atoms with Gasteiger partial charge in [-0.05, 0) is 25.0 Å². The highest BCUT2D eigenvalue weighted by Gasteiger charge is 2.27. The lowest BCUT2D eigenvalue weighted by molar-refractivity contribution is 0.251. The average molecular weight is 330 g/mol. The molecule has 3 rings (SSSR count). The van der Waals surface area contributed by atoms with Crippen molar-refractivity contribution in [3.05, 3.63) is 36.4 Å². The van der Waals surface area contributed by atoms with E-state index in [0.29, 0.717) is 36.2 Å². The normalized spacial score (nSPS) is 13.4. The maximum absolute atomic E-state index is 12.0. The summed E-state index contributed by atoms with van der Waals surface area (Å²) in [6, 6.07) is 4.99. The van der Waals surface area contributed by atoms with Crippen molar-refractivity contribution in [2.75, 3.05) is 26.1 Å². The molecule has 0 aliphatic heterocycles. The van der Waals surface area contributed by atoms with Crippen LogP contribution < -0.4 is 20.1 Å². The van der Waals surface area contributed by atoms with E-state index in [4.69, 9.17) is 9.47 Å². The SMILES string of the molecule is COc1ccc(NC(=O)NCCn2ccnc2C2CC2)cc1OC. The van der Waals surface area contributed by atoms with Crippen molar-refractivity contribution >= 4 is 11.7 Å². The molecule has 2 N–H and O–H groups in total. The zero-order chi connectivity index (χ0) is 16.9. The first-order valence-electron chi connectivity index (χ1n) is 7.99. The molecule has 128 valence electrons. The fraction of sp³-hybridized carbons (Fsp3) is 0.412. The Morgan fingerprint density at radius 2 is 2.08 bits per heavy atom. The molecule has 2 aromatic rings. The predicted octanol–water partition coefficient (Wildman–Crippen LogP) is 2.60. The number of ether oxygens (including phenoxy) is 2. The summed E-state index contributed by atoms with van der Waals surface area (Å²) in [6.45, 7) is 1.25. The van der Waals surface area contributed by atoms with Crippen molar-refractivity contribution in [3.63, 3.8) is 0 Å². The van der Waals surface area contributed by atoms with Crippen LogP contribution in [0.15, 0.2) is 30.6 Å². The van der Waals surface area contributed by atoms with Gasteiger partial charge in [0.1, 0.15) is 5.82 Å². The molecule has 7 heteroatoms. The zero-order valence-electron chi connectivity index (χ0n) is 13.9. The lowest BCUT2D eigenvalue weighted by Gasteiger charge is -2.12. The number of methoxy groups -OCH3 is 2. The Bertz CT molecular complexity index is 710. The molecule has 1 saturated carbocycles. The molecule has 7 nitrogen and oxygen atoms in total. The smallest absolute Gasteiger partial charge is 0.319 e. The lowest BCUT2D eigenvalue weighted by Crippen LogP contribution is -2.31. The van der Waals surface area contributed by atoms with Crippen LogP contribution in [0.25, 0.3) is 0 Å². The molecule has 1 aromatic heterocycles. The minimum atomic E-state index is -0.254. The van der Waals surface area contributed by atoms with Gasteiger partial charge in [0.25, 0.3) is 0 Å². The third-order valence-electron chi connectivity index (χ3n) is 3.97. The van der Waals surface area contributed by atoms with Crippen molar-refractivity contribution in [2.45, 2.75) is 25.3 Å². The van der Waals surface area contributed by atoms with Gasteiger partial charge < -0.3 is 24.7 Å². The lowest BCUT2D eigenvalue weighted by atomic mass is 10.3. The summed E-state index contributed by atoms with van der Waals surface area (Å²) in [5.41, 5.74) is 0.645. The molecule has 0 radical (unpaired) electrons. The minimum absolute atomic E-state index is 0.254. The number of carbonyl (C=O) groups is 1. The molecule has 1 aromatic carbocycles. The molecule has 0 spiro atoms. The summed E-state index contributed by atoms with van der Waals surface area (Å²) in [4.78, 5) is 16.4. The molecule has 0 unspecified atom stereocenters. The van der Waals surface area contributed by atoms with Crippen molar-refractivity contribution in [2.24, 2.45) is 0 Å². The largest absolute Gasteiger partial charge is 0.493 e. The van der Waals surface area contributed by atoms with Crippen LogP contribution in [0.4, 0.5) is 10.5 Å². The summed E-state index contributed by atoms with van der Waals surface area (Å²) in [6.07, 6.45) is 6.20. The Balaban J connectivity index is 1.49. The highest BCUT2D eigenvalue weighted by atomic mass is 16.5. The van der Waals surface area contributed by atoms with E-state index in [2.05, 4.69) is 20.2 Å². The third kappa shape index (κ3) is 3.79. The number of hydrogen-bond donors (Lipinski definition) is 2. The number of anilines is 1. The quantitative estimate of drug-likeness (QED) is 0.818. The molecule has 0 atom stereocenters. The second-order valence-corrected chi connectivity index (χ2v) is 5.70. The van der Waals surface area contributed by atoms with Crippen LogP contribution in [0.5, 0.6) is 11.5 Å². The molecular weight excluding hydrogens is 308 g/mol. The molecule has 1 heterocycles. The van der Waals surface area contributed by atoms with E-state index in [0.717, 1.165) is 5.82 Å². The monoisotopic (exact) mass is 330 g/mol. The van der Waals surface area contributed by atoms with Gasteiger partial charge in [0, 0.05) is 43.2 Å². The van der Waals surface area contributed by atoms with E-state index in [1.165, 1.54) is 12.8 Å². The molecule has 0 bridgehead atoms. The Morgan fingerprint density at radius 3 is 2.79 bits per heavy atom. The molecule has 1 aliphatic carbocycles. The van der Waals surface area contributed by atoms with Crippen LogP contribution in [0.3, 0.4) is 0 Å². The van der Waals surface area contributed by atoms with E-state index in [1.807, 2.05) is 12.4 Å². The first kappa shape index (κ1) is 16.2. The van der Waals surface area contributed by atoms with Crippen LogP contribution in [0.1, 0.15) is 24.6 Å². The Morgan fingerprint density at radius 1 is 1.29 bits per heavy atom. The van der Waals surface area contributed by atoms with Crippen LogP contribution in [0.2, 0.25) is 0 Å². The van der Waals surface area contributed by atoms with Gasteiger partial charge in [-0.2, -0.15) is 0 Å². The van der Waals surface area contributed by atoms with E-state index >= 15 is 0 Å². The second kappa shape index (κ2) is 7.25. The first-order chi connectivity index (χ1) is 11.7. The predicted molar refractivity (Wildman–Crippen MR) is 90.8 cm³/mol. The Kier molecular flexibility index (Phi) is 4.88. The standard InChI is InChI=1S/C17H22N4O3/c1-23-14-6-5-13(11-15(14)24-2)20-17(22)19-8-10-21-9-7-18-16(21)12-3-4-12/h5-7,9,11-12H,3-4,8,10H2,1-2H3,(H2,19,20,22). The summed E-state index contributed by atoms with van der Waals surface area (Å²) >= 11 is 0. The van der Waals surface area contributed by atoms with Gasteiger partial charge in [-0.1, -0.05) is 0 Å². The summed E-state index contributed by atoms with van der Waals surface area (Å²) in [5, 5.41) is 5.64. The summed E-state index contributed by atoms with van der Waals surface area (Å²) < 4.78 is 12.5. The summed E-state index contributed by atoms with van der Waals surface area (Å²) in [7, 11) is 3.13. The molecule has 2 amide bonds. The number of amides is 2. The first-order valence-corrected chi connectivity index (χ1v) is 7.99. The van der Waals surface area contributed by atoms with Crippen LogP contribution >= 0.6 is 0 Å². The van der Waals surface area contributed by atoms with Gasteiger partial charge in [-0.3, -0.25) is 0 Å². The molecule has 0 saturated heterocycles. The maximum Gasteiger partial charge on any atom is 0.319 e. The highest BCUT2D eigenvalue weighted by Crippen LogP contribution is 2.38.